The van der Waals surface area contributed by atoms with Crippen molar-refractivity contribution >= 4 is 17.6 Å². The molecule has 21 heavy (non-hydrogen) atoms. The first-order valence-electron chi connectivity index (χ1n) is 6.48. The monoisotopic (exact) mass is 296 g/mol. The molecule has 1 amide bonds. The lowest BCUT2D eigenvalue weighted by Gasteiger charge is -2.21. The normalized spacial score (nSPS) is 13.5. The zero-order valence-corrected chi connectivity index (χ0v) is 12.0. The summed E-state index contributed by atoms with van der Waals surface area (Å²) >= 11 is 0. The molecule has 0 fully saturated rings. The van der Waals surface area contributed by atoms with E-state index in [1.165, 1.54) is 19.1 Å². The van der Waals surface area contributed by atoms with Crippen molar-refractivity contribution in [2.45, 2.75) is 32.5 Å². The maximum absolute atomic E-state index is 11.1. The van der Waals surface area contributed by atoms with E-state index >= 15 is 0 Å². The van der Waals surface area contributed by atoms with E-state index in [4.69, 9.17) is 10.8 Å². The van der Waals surface area contributed by atoms with Crippen LogP contribution in [-0.4, -0.2) is 39.8 Å². The number of aromatic carboxylic acids is 1. The van der Waals surface area contributed by atoms with Gasteiger partial charge in [-0.2, -0.15) is 0 Å². The number of hydrogen-bond acceptors (Lipinski definition) is 5. The summed E-state index contributed by atoms with van der Waals surface area (Å²) < 4.78 is 0. The van der Waals surface area contributed by atoms with Crippen LogP contribution in [-0.2, 0) is 4.79 Å². The first-order chi connectivity index (χ1) is 9.73. The van der Waals surface area contributed by atoms with Crippen molar-refractivity contribution < 1.29 is 24.9 Å². The van der Waals surface area contributed by atoms with Crippen LogP contribution in [0.3, 0.4) is 0 Å². The Kier molecular flexibility index (Phi) is 5.69. The van der Waals surface area contributed by atoms with Crippen LogP contribution in [0.25, 0.3) is 0 Å². The van der Waals surface area contributed by atoms with E-state index < -0.39 is 18.2 Å². The third-order valence-corrected chi connectivity index (χ3v) is 3.08. The van der Waals surface area contributed by atoms with Gasteiger partial charge in [-0.25, -0.2) is 4.79 Å². The topological polar surface area (TPSA) is 133 Å². The van der Waals surface area contributed by atoms with E-state index in [0.717, 1.165) is 0 Å². The van der Waals surface area contributed by atoms with Crippen molar-refractivity contribution in [2.75, 3.05) is 12.3 Å². The lowest BCUT2D eigenvalue weighted by molar-refractivity contribution is -0.119. The van der Waals surface area contributed by atoms with Gasteiger partial charge in [0.05, 0.1) is 17.4 Å². The highest BCUT2D eigenvalue weighted by Gasteiger charge is 2.23. The van der Waals surface area contributed by atoms with Gasteiger partial charge in [0.2, 0.25) is 5.91 Å². The highest BCUT2D eigenvalue weighted by molar-refractivity contribution is 5.94. The van der Waals surface area contributed by atoms with E-state index in [0.29, 0.717) is 5.56 Å². The number of aliphatic hydroxyl groups excluding tert-OH is 2. The molecule has 2 atom stereocenters. The molecule has 0 aromatic heterocycles. The summed E-state index contributed by atoms with van der Waals surface area (Å²) in [4.78, 5) is 21.8. The second kappa shape index (κ2) is 7.05. The number of aryl methyl sites for hydroxylation is 1. The first kappa shape index (κ1) is 16.9. The third kappa shape index (κ3) is 4.44. The second-order valence-corrected chi connectivity index (χ2v) is 4.90. The van der Waals surface area contributed by atoms with Crippen LogP contribution >= 0.6 is 0 Å². The molecule has 0 saturated heterocycles. The van der Waals surface area contributed by atoms with Crippen LogP contribution in [0.2, 0.25) is 0 Å². The molecule has 1 aromatic carbocycles. The first-order valence-corrected chi connectivity index (χ1v) is 6.48. The lowest BCUT2D eigenvalue weighted by atomic mass is 9.95. The summed E-state index contributed by atoms with van der Waals surface area (Å²) in [6.07, 6.45) is -2.37. The van der Waals surface area contributed by atoms with E-state index in [1.807, 2.05) is 0 Å². The van der Waals surface area contributed by atoms with Crippen LogP contribution < -0.4 is 11.1 Å². The van der Waals surface area contributed by atoms with Crippen LogP contribution in [0.1, 0.15) is 40.9 Å². The Morgan fingerprint density at radius 1 is 1.33 bits per heavy atom. The van der Waals surface area contributed by atoms with E-state index in [9.17, 15) is 19.8 Å². The summed E-state index contributed by atoms with van der Waals surface area (Å²) in [5, 5.41) is 31.6. The average Bonchev–Trinajstić information content (AvgIpc) is 2.39. The zero-order valence-electron chi connectivity index (χ0n) is 12.0. The molecular weight excluding hydrogens is 276 g/mol. The Balaban J connectivity index is 2.93. The van der Waals surface area contributed by atoms with Gasteiger partial charge in [0.15, 0.2) is 0 Å². The molecule has 0 heterocycles. The minimum atomic E-state index is -1.32. The molecule has 0 bridgehead atoms. The molecule has 7 nitrogen and oxygen atoms in total. The number of nitrogens with one attached hydrogen (secondary N) is 1. The number of aliphatic hydroxyl groups is 2. The summed E-state index contributed by atoms with van der Waals surface area (Å²) in [6.45, 7) is 3.22. The molecule has 1 aromatic rings. The molecule has 6 N–H and O–H groups in total. The van der Waals surface area contributed by atoms with Gasteiger partial charge >= 0.3 is 5.97 Å². The van der Waals surface area contributed by atoms with Crippen molar-refractivity contribution in [3.63, 3.8) is 0 Å². The van der Waals surface area contributed by atoms with E-state index in [1.54, 1.807) is 6.92 Å². The van der Waals surface area contributed by atoms with Gasteiger partial charge in [0, 0.05) is 19.0 Å². The van der Waals surface area contributed by atoms with Gasteiger partial charge in [-0.1, -0.05) is 6.07 Å². The number of carboxylic acid groups (broad SMARTS) is 1. The number of nitrogen functional groups attached to an aromatic ring is 1. The maximum Gasteiger partial charge on any atom is 0.337 e. The molecule has 0 radical (unpaired) electrons. The van der Waals surface area contributed by atoms with Crippen LogP contribution in [0, 0.1) is 6.92 Å². The van der Waals surface area contributed by atoms with Gasteiger partial charge in [-0.15, -0.1) is 0 Å². The largest absolute Gasteiger partial charge is 0.478 e. The van der Waals surface area contributed by atoms with Crippen LogP contribution in [0.4, 0.5) is 5.69 Å². The van der Waals surface area contributed by atoms with Crippen LogP contribution in [0.5, 0.6) is 0 Å². The molecule has 116 valence electrons. The molecule has 0 saturated carbocycles. The van der Waals surface area contributed by atoms with Gasteiger partial charge in [0.1, 0.15) is 6.10 Å². The number of rotatable bonds is 6. The lowest BCUT2D eigenvalue weighted by Crippen LogP contribution is -2.28. The Labute approximate surface area is 122 Å². The predicted octanol–water partition coefficient (Wildman–Crippen LogP) is 0.196. The Bertz CT molecular complexity index is 544. The Morgan fingerprint density at radius 2 is 1.95 bits per heavy atom. The standard InChI is InChI=1S/C14H20N2O5/c1-7-5-9(12(15)10(6-7)14(20)21)13(19)11(18)3-4-16-8(2)17/h5-6,11,13,18-19H,3-4,15H2,1-2H3,(H,16,17)(H,20,21). The molecule has 7 heteroatoms. The quantitative estimate of drug-likeness (QED) is 0.476. The SMILES string of the molecule is CC(=O)NCCC(O)C(O)c1cc(C)cc(C(=O)O)c1N. The minimum absolute atomic E-state index is 0.0702. The van der Waals surface area contributed by atoms with E-state index in [2.05, 4.69) is 5.32 Å². The van der Waals surface area contributed by atoms with Crippen molar-refractivity contribution in [1.82, 2.24) is 5.32 Å². The molecule has 0 aliphatic heterocycles. The Morgan fingerprint density at radius 3 is 2.48 bits per heavy atom. The van der Waals surface area contributed by atoms with Crippen molar-refractivity contribution in [2.24, 2.45) is 0 Å². The summed E-state index contributed by atoms with van der Waals surface area (Å²) in [6, 6.07) is 2.94. The number of carbonyl (C=O) groups excluding carboxylic acids is 1. The zero-order chi connectivity index (χ0) is 16.2. The van der Waals surface area contributed by atoms with Gasteiger partial charge in [-0.05, 0) is 25.0 Å². The maximum atomic E-state index is 11.1. The second-order valence-electron chi connectivity index (χ2n) is 4.90. The number of nitrogens with two attached hydrogens (primary N) is 1. The number of anilines is 1. The van der Waals surface area contributed by atoms with Gasteiger partial charge in [0.25, 0.3) is 0 Å². The summed E-state index contributed by atoms with van der Waals surface area (Å²) in [5.74, 6) is -1.43. The molecule has 0 aliphatic carbocycles. The fraction of sp³-hybridized carbons (Fsp3) is 0.429. The highest BCUT2D eigenvalue weighted by Crippen LogP contribution is 2.28. The number of benzene rings is 1. The van der Waals surface area contributed by atoms with Crippen molar-refractivity contribution in [1.29, 1.82) is 0 Å². The Hall–Kier alpha value is -2.12. The summed E-state index contributed by atoms with van der Waals surface area (Å²) in [7, 11) is 0. The highest BCUT2D eigenvalue weighted by atomic mass is 16.4. The fourth-order valence-corrected chi connectivity index (χ4v) is 2.01. The van der Waals surface area contributed by atoms with Crippen LogP contribution in [0.15, 0.2) is 12.1 Å². The van der Waals surface area contributed by atoms with Crippen molar-refractivity contribution in [3.8, 4) is 0 Å². The fourth-order valence-electron chi connectivity index (χ4n) is 2.01. The third-order valence-electron chi connectivity index (χ3n) is 3.08. The molecular formula is C14H20N2O5. The number of carbonyl (C=O) groups is 2. The van der Waals surface area contributed by atoms with E-state index in [-0.39, 0.29) is 35.7 Å². The number of amides is 1. The van der Waals surface area contributed by atoms with Gasteiger partial charge < -0.3 is 26.4 Å². The van der Waals surface area contributed by atoms with Gasteiger partial charge in [-0.3, -0.25) is 4.79 Å². The molecule has 2 unspecified atom stereocenters. The number of hydrogen-bond donors (Lipinski definition) is 5. The summed E-state index contributed by atoms with van der Waals surface area (Å²) in [5.41, 5.74) is 6.35. The smallest absolute Gasteiger partial charge is 0.337 e. The predicted molar refractivity (Wildman–Crippen MR) is 76.8 cm³/mol. The minimum Gasteiger partial charge on any atom is -0.478 e. The molecule has 1 rings (SSSR count). The number of carboxylic acids is 1. The molecule has 0 spiro atoms. The average molecular weight is 296 g/mol. The van der Waals surface area contributed by atoms with Crippen molar-refractivity contribution in [3.05, 3.63) is 28.8 Å². The molecule has 0 aliphatic rings.